The Labute approximate surface area is 95.9 Å². The van der Waals surface area contributed by atoms with E-state index >= 15 is 0 Å². The number of carbonyl (C=O) groups is 1. The van der Waals surface area contributed by atoms with Crippen molar-refractivity contribution < 1.29 is 14.3 Å². The minimum Gasteiger partial charge on any atom is -0.449 e. The molecule has 2 saturated heterocycles. The monoisotopic (exact) mass is 228 g/mol. The summed E-state index contributed by atoms with van der Waals surface area (Å²) in [6, 6.07) is 0.232. The number of carbonyl (C=O) groups excluding carboxylic acids is 1. The van der Waals surface area contributed by atoms with Crippen molar-refractivity contribution in [1.29, 1.82) is 0 Å². The van der Waals surface area contributed by atoms with Crippen molar-refractivity contribution in [2.75, 3.05) is 26.3 Å². The molecule has 2 fully saturated rings. The van der Waals surface area contributed by atoms with Gasteiger partial charge in [-0.15, -0.1) is 0 Å². The lowest BCUT2D eigenvalue weighted by Crippen LogP contribution is -2.49. The third kappa shape index (κ3) is 2.65. The second-order valence-electron chi connectivity index (χ2n) is 4.42. The van der Waals surface area contributed by atoms with Crippen LogP contribution in [-0.4, -0.2) is 49.4 Å². The maximum absolute atomic E-state index is 11.7. The molecule has 0 aromatic heterocycles. The summed E-state index contributed by atoms with van der Waals surface area (Å²) in [4.78, 5) is 13.5. The zero-order valence-electron chi connectivity index (χ0n) is 9.56. The predicted molar refractivity (Wildman–Crippen MR) is 59.1 cm³/mol. The lowest BCUT2D eigenvalue weighted by molar-refractivity contribution is 0.0112. The predicted octanol–water partition coefficient (Wildman–Crippen LogP) is 0.725. The van der Waals surface area contributed by atoms with Gasteiger partial charge in [-0.3, -0.25) is 0 Å². The van der Waals surface area contributed by atoms with E-state index in [-0.39, 0.29) is 18.2 Å². The number of hydrogen-bond acceptors (Lipinski definition) is 4. The van der Waals surface area contributed by atoms with Crippen molar-refractivity contribution in [2.24, 2.45) is 5.73 Å². The topological polar surface area (TPSA) is 64.8 Å². The first-order valence-corrected chi connectivity index (χ1v) is 6.06. The summed E-state index contributed by atoms with van der Waals surface area (Å²) in [7, 11) is 0. The van der Waals surface area contributed by atoms with E-state index in [1.807, 2.05) is 0 Å². The molecule has 2 aliphatic heterocycles. The molecule has 2 aliphatic rings. The quantitative estimate of drug-likeness (QED) is 0.770. The van der Waals surface area contributed by atoms with Gasteiger partial charge in [0.05, 0.1) is 19.3 Å². The molecular formula is C11H20N2O3. The van der Waals surface area contributed by atoms with E-state index in [2.05, 4.69) is 0 Å². The average Bonchev–Trinajstić information content (AvgIpc) is 2.76. The second kappa shape index (κ2) is 5.50. The van der Waals surface area contributed by atoms with Crippen LogP contribution >= 0.6 is 0 Å². The molecule has 0 aromatic rings. The third-order valence-corrected chi connectivity index (χ3v) is 3.28. The standard InChI is InChI=1S/C11H20N2O3/c12-5-3-9-4-7-16-11(14)13(9)8-10-2-1-6-15-10/h9-10H,1-8,12H2. The maximum atomic E-state index is 11.7. The van der Waals surface area contributed by atoms with Crippen LogP contribution in [0.4, 0.5) is 4.79 Å². The van der Waals surface area contributed by atoms with Gasteiger partial charge in [0.1, 0.15) is 0 Å². The van der Waals surface area contributed by atoms with Crippen LogP contribution in [0.1, 0.15) is 25.7 Å². The van der Waals surface area contributed by atoms with Crippen LogP contribution in [0.15, 0.2) is 0 Å². The van der Waals surface area contributed by atoms with Crippen LogP contribution in [0, 0.1) is 0 Å². The number of rotatable bonds is 4. The van der Waals surface area contributed by atoms with Gasteiger partial charge in [-0.05, 0) is 25.8 Å². The van der Waals surface area contributed by atoms with Crippen LogP contribution in [-0.2, 0) is 9.47 Å². The third-order valence-electron chi connectivity index (χ3n) is 3.28. The minimum absolute atomic E-state index is 0.186. The zero-order valence-corrected chi connectivity index (χ0v) is 9.56. The fourth-order valence-electron chi connectivity index (χ4n) is 2.39. The van der Waals surface area contributed by atoms with Gasteiger partial charge in [-0.2, -0.15) is 0 Å². The molecule has 0 aromatic carbocycles. The van der Waals surface area contributed by atoms with Crippen LogP contribution in [0.2, 0.25) is 0 Å². The summed E-state index contributed by atoms with van der Waals surface area (Å²) in [5, 5.41) is 0. The lowest BCUT2D eigenvalue weighted by atomic mass is 10.1. The molecule has 0 bridgehead atoms. The Morgan fingerprint density at radius 1 is 1.38 bits per heavy atom. The highest BCUT2D eigenvalue weighted by Gasteiger charge is 2.32. The summed E-state index contributed by atoms with van der Waals surface area (Å²) >= 11 is 0. The fourth-order valence-corrected chi connectivity index (χ4v) is 2.39. The van der Waals surface area contributed by atoms with Crippen molar-refractivity contribution >= 4 is 6.09 Å². The molecule has 0 radical (unpaired) electrons. The summed E-state index contributed by atoms with van der Waals surface area (Å²) in [6.45, 7) is 2.60. The molecule has 2 unspecified atom stereocenters. The number of amides is 1. The minimum atomic E-state index is -0.208. The molecule has 92 valence electrons. The van der Waals surface area contributed by atoms with E-state index in [4.69, 9.17) is 15.2 Å². The normalized spacial score (nSPS) is 30.6. The number of cyclic esters (lactones) is 1. The molecule has 2 heterocycles. The molecule has 0 saturated carbocycles. The molecular weight excluding hydrogens is 208 g/mol. The number of nitrogens with zero attached hydrogens (tertiary/aromatic N) is 1. The summed E-state index contributed by atoms with van der Waals surface area (Å²) < 4.78 is 10.6. The van der Waals surface area contributed by atoms with E-state index in [9.17, 15) is 4.79 Å². The van der Waals surface area contributed by atoms with E-state index in [1.54, 1.807) is 4.90 Å². The van der Waals surface area contributed by atoms with Crippen LogP contribution < -0.4 is 5.73 Å². The molecule has 1 amide bonds. The van der Waals surface area contributed by atoms with Gasteiger partial charge >= 0.3 is 6.09 Å². The Balaban J connectivity index is 1.92. The first-order valence-electron chi connectivity index (χ1n) is 6.06. The van der Waals surface area contributed by atoms with Gasteiger partial charge in [0, 0.05) is 19.1 Å². The molecule has 5 heteroatoms. The number of nitrogens with two attached hydrogens (primary N) is 1. The Kier molecular flexibility index (Phi) is 4.01. The van der Waals surface area contributed by atoms with E-state index < -0.39 is 0 Å². The number of hydrogen-bond donors (Lipinski definition) is 1. The van der Waals surface area contributed by atoms with Crippen molar-refractivity contribution in [2.45, 2.75) is 37.8 Å². The molecule has 0 spiro atoms. The number of ether oxygens (including phenoxy) is 2. The highest BCUT2D eigenvalue weighted by atomic mass is 16.6. The summed E-state index contributed by atoms with van der Waals surface area (Å²) in [6.07, 6.45) is 3.84. The molecule has 2 atom stereocenters. The van der Waals surface area contributed by atoms with Crippen LogP contribution in [0.25, 0.3) is 0 Å². The summed E-state index contributed by atoms with van der Waals surface area (Å²) in [5.41, 5.74) is 5.57. The van der Waals surface area contributed by atoms with Crippen LogP contribution in [0.5, 0.6) is 0 Å². The van der Waals surface area contributed by atoms with Gasteiger partial charge < -0.3 is 20.1 Å². The zero-order chi connectivity index (χ0) is 11.4. The van der Waals surface area contributed by atoms with E-state index in [0.29, 0.717) is 19.7 Å². The first-order chi connectivity index (χ1) is 7.81. The first kappa shape index (κ1) is 11.7. The molecule has 0 aliphatic carbocycles. The van der Waals surface area contributed by atoms with E-state index in [1.165, 1.54) is 0 Å². The Hall–Kier alpha value is -0.810. The Morgan fingerprint density at radius 3 is 2.94 bits per heavy atom. The van der Waals surface area contributed by atoms with Crippen molar-refractivity contribution in [1.82, 2.24) is 4.90 Å². The lowest BCUT2D eigenvalue weighted by Gasteiger charge is -2.36. The molecule has 16 heavy (non-hydrogen) atoms. The smallest absolute Gasteiger partial charge is 0.410 e. The van der Waals surface area contributed by atoms with Crippen molar-refractivity contribution in [3.8, 4) is 0 Å². The van der Waals surface area contributed by atoms with Gasteiger partial charge in [0.2, 0.25) is 0 Å². The van der Waals surface area contributed by atoms with Gasteiger partial charge in [0.25, 0.3) is 0 Å². The fraction of sp³-hybridized carbons (Fsp3) is 0.909. The Bertz CT molecular complexity index is 239. The molecule has 5 nitrogen and oxygen atoms in total. The van der Waals surface area contributed by atoms with Gasteiger partial charge in [-0.1, -0.05) is 0 Å². The molecule has 2 N–H and O–H groups in total. The SMILES string of the molecule is NCCC1CCOC(=O)N1CC1CCCO1. The highest BCUT2D eigenvalue weighted by molar-refractivity contribution is 5.68. The second-order valence-corrected chi connectivity index (χ2v) is 4.42. The summed E-state index contributed by atoms with van der Waals surface area (Å²) in [5.74, 6) is 0. The average molecular weight is 228 g/mol. The Morgan fingerprint density at radius 2 is 2.25 bits per heavy atom. The largest absolute Gasteiger partial charge is 0.449 e. The van der Waals surface area contributed by atoms with Crippen molar-refractivity contribution in [3.63, 3.8) is 0 Å². The maximum Gasteiger partial charge on any atom is 0.410 e. The highest BCUT2D eigenvalue weighted by Crippen LogP contribution is 2.20. The molecule has 2 rings (SSSR count). The van der Waals surface area contributed by atoms with E-state index in [0.717, 1.165) is 32.3 Å². The van der Waals surface area contributed by atoms with Crippen molar-refractivity contribution in [3.05, 3.63) is 0 Å². The van der Waals surface area contributed by atoms with Gasteiger partial charge in [-0.25, -0.2) is 4.79 Å². The van der Waals surface area contributed by atoms with Crippen LogP contribution in [0.3, 0.4) is 0 Å². The van der Waals surface area contributed by atoms with Gasteiger partial charge in [0.15, 0.2) is 0 Å².